The smallest absolute Gasteiger partial charge is 0.0962 e. The molecule has 1 unspecified atom stereocenters. The zero-order valence-corrected chi connectivity index (χ0v) is 11.4. The molecule has 1 atom stereocenters. The van der Waals surface area contributed by atoms with E-state index in [1.165, 1.54) is 11.1 Å². The van der Waals surface area contributed by atoms with Crippen LogP contribution in [0.2, 0.25) is 0 Å². The number of aliphatic hydroxyl groups excluding tert-OH is 1. The lowest BCUT2D eigenvalue weighted by atomic mass is 10.1. The highest BCUT2D eigenvalue weighted by molar-refractivity contribution is 5.53. The van der Waals surface area contributed by atoms with Crippen LogP contribution in [0.15, 0.2) is 42.5 Å². The van der Waals surface area contributed by atoms with Gasteiger partial charge in [0.05, 0.1) is 6.10 Å². The van der Waals surface area contributed by atoms with Crippen molar-refractivity contribution in [3.05, 3.63) is 59.2 Å². The number of nitrogens with two attached hydrogens (primary N) is 1. The van der Waals surface area contributed by atoms with Gasteiger partial charge < -0.3 is 16.2 Å². The summed E-state index contributed by atoms with van der Waals surface area (Å²) in [4.78, 5) is 0. The van der Waals surface area contributed by atoms with Gasteiger partial charge in [0.15, 0.2) is 0 Å². The highest BCUT2D eigenvalue weighted by Gasteiger charge is 2.08. The number of aliphatic hydroxyl groups is 1. The van der Waals surface area contributed by atoms with Crippen LogP contribution in [0.3, 0.4) is 0 Å². The third-order valence-electron chi connectivity index (χ3n) is 3.41. The van der Waals surface area contributed by atoms with Crippen LogP contribution in [0.5, 0.6) is 0 Å². The van der Waals surface area contributed by atoms with Gasteiger partial charge in [0.25, 0.3) is 0 Å². The Morgan fingerprint density at radius 2 is 1.79 bits per heavy atom. The summed E-state index contributed by atoms with van der Waals surface area (Å²) in [6.45, 7) is 4.64. The number of rotatable bonds is 4. The number of benzene rings is 2. The Bertz CT molecular complexity index is 549. The minimum atomic E-state index is -0.541. The number of aryl methyl sites for hydroxylation is 1. The Labute approximate surface area is 114 Å². The topological polar surface area (TPSA) is 58.3 Å². The SMILES string of the molecule is Cc1cccc(NCC(O)c2ccc(N)cc2)c1C. The first-order valence-electron chi connectivity index (χ1n) is 6.41. The van der Waals surface area contributed by atoms with E-state index in [9.17, 15) is 5.11 Å². The van der Waals surface area contributed by atoms with Gasteiger partial charge in [0.2, 0.25) is 0 Å². The van der Waals surface area contributed by atoms with E-state index in [1.807, 2.05) is 24.3 Å². The van der Waals surface area contributed by atoms with Crippen molar-refractivity contribution in [1.82, 2.24) is 0 Å². The zero-order valence-electron chi connectivity index (χ0n) is 11.4. The van der Waals surface area contributed by atoms with E-state index < -0.39 is 6.10 Å². The van der Waals surface area contributed by atoms with Crippen LogP contribution in [-0.4, -0.2) is 11.7 Å². The average Bonchev–Trinajstić information content (AvgIpc) is 2.41. The summed E-state index contributed by atoms with van der Waals surface area (Å²) in [5, 5.41) is 13.4. The molecule has 3 nitrogen and oxygen atoms in total. The lowest BCUT2D eigenvalue weighted by molar-refractivity contribution is 0.191. The Hall–Kier alpha value is -2.00. The van der Waals surface area contributed by atoms with E-state index in [0.29, 0.717) is 12.2 Å². The first-order valence-corrected chi connectivity index (χ1v) is 6.41. The molecule has 3 heteroatoms. The van der Waals surface area contributed by atoms with Crippen molar-refractivity contribution in [1.29, 1.82) is 0 Å². The number of hydrogen-bond acceptors (Lipinski definition) is 3. The van der Waals surface area contributed by atoms with Gasteiger partial charge in [-0.25, -0.2) is 0 Å². The number of nitrogens with one attached hydrogen (secondary N) is 1. The lowest BCUT2D eigenvalue weighted by Gasteiger charge is -2.15. The van der Waals surface area contributed by atoms with Crippen LogP contribution in [0, 0.1) is 13.8 Å². The van der Waals surface area contributed by atoms with E-state index in [1.54, 1.807) is 12.1 Å². The van der Waals surface area contributed by atoms with Crippen LogP contribution in [-0.2, 0) is 0 Å². The third kappa shape index (κ3) is 3.26. The molecule has 0 fully saturated rings. The first kappa shape index (κ1) is 13.4. The molecule has 2 aromatic rings. The van der Waals surface area contributed by atoms with E-state index in [0.717, 1.165) is 11.3 Å². The third-order valence-corrected chi connectivity index (χ3v) is 3.41. The van der Waals surface area contributed by atoms with Crippen LogP contribution in [0.25, 0.3) is 0 Å². The normalized spacial score (nSPS) is 12.2. The van der Waals surface area contributed by atoms with Gasteiger partial charge >= 0.3 is 0 Å². The molecule has 0 aromatic heterocycles. The molecule has 0 saturated heterocycles. The predicted octanol–water partition coefficient (Wildman–Crippen LogP) is 3.03. The van der Waals surface area contributed by atoms with Crippen molar-refractivity contribution in [2.45, 2.75) is 20.0 Å². The molecule has 2 aromatic carbocycles. The van der Waals surface area contributed by atoms with Gasteiger partial charge in [-0.05, 0) is 48.7 Å². The molecule has 2 rings (SSSR count). The van der Waals surface area contributed by atoms with Gasteiger partial charge in [-0.2, -0.15) is 0 Å². The number of hydrogen-bond donors (Lipinski definition) is 3. The molecule has 0 saturated carbocycles. The van der Waals surface area contributed by atoms with Crippen LogP contribution in [0.4, 0.5) is 11.4 Å². The second kappa shape index (κ2) is 5.76. The summed E-state index contributed by atoms with van der Waals surface area (Å²) in [5.41, 5.74) is 10.7. The second-order valence-corrected chi connectivity index (χ2v) is 4.81. The van der Waals surface area contributed by atoms with E-state index in [2.05, 4.69) is 25.2 Å². The fourth-order valence-electron chi connectivity index (χ4n) is 1.99. The molecular weight excluding hydrogens is 236 g/mol. The highest BCUT2D eigenvalue weighted by Crippen LogP contribution is 2.20. The summed E-state index contributed by atoms with van der Waals surface area (Å²) in [6.07, 6.45) is -0.541. The summed E-state index contributed by atoms with van der Waals surface area (Å²) in [7, 11) is 0. The monoisotopic (exact) mass is 256 g/mol. The fraction of sp³-hybridized carbons (Fsp3) is 0.250. The average molecular weight is 256 g/mol. The molecule has 0 aliphatic heterocycles. The van der Waals surface area contributed by atoms with Crippen molar-refractivity contribution in [3.8, 4) is 0 Å². The lowest BCUT2D eigenvalue weighted by Crippen LogP contribution is -2.13. The standard InChI is InChI=1S/C16H20N2O/c1-11-4-3-5-15(12(11)2)18-10-16(19)13-6-8-14(17)9-7-13/h3-9,16,18-19H,10,17H2,1-2H3. The molecule has 0 amide bonds. The molecule has 0 heterocycles. The Kier molecular flexibility index (Phi) is 4.07. The Morgan fingerprint density at radius 1 is 1.11 bits per heavy atom. The maximum absolute atomic E-state index is 10.1. The molecule has 100 valence electrons. The van der Waals surface area contributed by atoms with Crippen molar-refractivity contribution >= 4 is 11.4 Å². The van der Waals surface area contributed by atoms with Crippen molar-refractivity contribution in [2.75, 3.05) is 17.6 Å². The second-order valence-electron chi connectivity index (χ2n) is 4.81. The summed E-state index contributed by atoms with van der Waals surface area (Å²) < 4.78 is 0. The maximum atomic E-state index is 10.1. The fourth-order valence-corrected chi connectivity index (χ4v) is 1.99. The van der Waals surface area contributed by atoms with Crippen LogP contribution >= 0.6 is 0 Å². The highest BCUT2D eigenvalue weighted by atomic mass is 16.3. The van der Waals surface area contributed by atoms with Gasteiger partial charge in [-0.1, -0.05) is 24.3 Å². The molecule has 19 heavy (non-hydrogen) atoms. The zero-order chi connectivity index (χ0) is 13.8. The quantitative estimate of drug-likeness (QED) is 0.737. The van der Waals surface area contributed by atoms with Crippen LogP contribution < -0.4 is 11.1 Å². The minimum Gasteiger partial charge on any atom is -0.399 e. The van der Waals surface area contributed by atoms with E-state index in [4.69, 9.17) is 5.73 Å². The first-order chi connectivity index (χ1) is 9.08. The summed E-state index contributed by atoms with van der Waals surface area (Å²) in [6, 6.07) is 13.4. The maximum Gasteiger partial charge on any atom is 0.0962 e. The van der Waals surface area contributed by atoms with Crippen LogP contribution in [0.1, 0.15) is 22.8 Å². The molecule has 0 spiro atoms. The predicted molar refractivity (Wildman–Crippen MR) is 80.2 cm³/mol. The Balaban J connectivity index is 2.02. The molecule has 0 bridgehead atoms. The number of anilines is 2. The number of nitrogen functional groups attached to an aromatic ring is 1. The summed E-state index contributed by atoms with van der Waals surface area (Å²) >= 11 is 0. The van der Waals surface area contributed by atoms with Crippen molar-refractivity contribution in [2.24, 2.45) is 0 Å². The Morgan fingerprint density at radius 3 is 2.47 bits per heavy atom. The largest absolute Gasteiger partial charge is 0.399 e. The van der Waals surface area contributed by atoms with Gasteiger partial charge in [0, 0.05) is 17.9 Å². The molecule has 4 N–H and O–H groups in total. The van der Waals surface area contributed by atoms with Gasteiger partial charge in [-0.3, -0.25) is 0 Å². The van der Waals surface area contributed by atoms with Gasteiger partial charge in [0.1, 0.15) is 0 Å². The molecule has 0 aliphatic carbocycles. The van der Waals surface area contributed by atoms with E-state index >= 15 is 0 Å². The minimum absolute atomic E-state index is 0.480. The van der Waals surface area contributed by atoms with E-state index in [-0.39, 0.29) is 0 Å². The van der Waals surface area contributed by atoms with Crippen molar-refractivity contribution in [3.63, 3.8) is 0 Å². The van der Waals surface area contributed by atoms with Gasteiger partial charge in [-0.15, -0.1) is 0 Å². The van der Waals surface area contributed by atoms with Crippen molar-refractivity contribution < 1.29 is 5.11 Å². The molecular formula is C16H20N2O. The molecule has 0 aliphatic rings. The molecule has 0 radical (unpaired) electrons. The summed E-state index contributed by atoms with van der Waals surface area (Å²) in [5.74, 6) is 0.